The molecule has 0 aromatic carbocycles. The third-order valence-corrected chi connectivity index (χ3v) is 1.76. The highest BCUT2D eigenvalue weighted by Gasteiger charge is 2.07. The summed E-state index contributed by atoms with van der Waals surface area (Å²) in [5.74, 6) is 0. The van der Waals surface area contributed by atoms with E-state index in [1.165, 1.54) is 6.42 Å². The first-order chi connectivity index (χ1) is 6.42. The Labute approximate surface area is 86.3 Å². The zero-order valence-corrected chi connectivity index (χ0v) is 9.38. The van der Waals surface area contributed by atoms with Crippen LogP contribution >= 0.6 is 0 Å². The van der Waals surface area contributed by atoms with E-state index in [0.29, 0.717) is 12.0 Å². The van der Waals surface area contributed by atoms with Crippen molar-refractivity contribution in [1.82, 2.24) is 0 Å². The van der Waals surface area contributed by atoms with Crippen LogP contribution in [0, 0.1) is 5.41 Å². The fraction of sp³-hybridized carbons (Fsp3) is 0.727. The van der Waals surface area contributed by atoms with E-state index < -0.39 is 6.09 Å². The summed E-state index contributed by atoms with van der Waals surface area (Å²) in [7, 11) is 0. The molecule has 14 heavy (non-hydrogen) atoms. The summed E-state index contributed by atoms with van der Waals surface area (Å²) in [5.41, 5.74) is 5.19. The van der Waals surface area contributed by atoms with E-state index in [9.17, 15) is 4.79 Å². The second-order valence-corrected chi connectivity index (χ2v) is 4.53. The van der Waals surface area contributed by atoms with Crippen molar-refractivity contribution in [3.63, 3.8) is 0 Å². The van der Waals surface area contributed by atoms with Crippen molar-refractivity contribution in [3.05, 3.63) is 12.2 Å². The number of carbonyl (C=O) groups excluding carboxylic acids is 1. The quantitative estimate of drug-likeness (QED) is 0.546. The van der Waals surface area contributed by atoms with Crippen LogP contribution in [0.15, 0.2) is 12.2 Å². The summed E-state index contributed by atoms with van der Waals surface area (Å²) in [6.45, 7) is 7.03. The molecular weight excluding hydrogens is 178 g/mol. The highest BCUT2D eigenvalue weighted by molar-refractivity contribution is 5.64. The minimum atomic E-state index is -0.701. The van der Waals surface area contributed by atoms with Crippen molar-refractivity contribution in [2.24, 2.45) is 11.1 Å². The lowest BCUT2D eigenvalue weighted by molar-refractivity contribution is 0.159. The minimum absolute atomic E-state index is 0.376. The Kier molecular flexibility index (Phi) is 6.00. The van der Waals surface area contributed by atoms with E-state index >= 15 is 0 Å². The van der Waals surface area contributed by atoms with Crippen molar-refractivity contribution in [2.75, 3.05) is 6.61 Å². The van der Waals surface area contributed by atoms with Crippen LogP contribution in [0.3, 0.4) is 0 Å². The number of carbonyl (C=O) groups is 1. The molecule has 0 aliphatic rings. The Morgan fingerprint density at radius 3 is 2.36 bits per heavy atom. The van der Waals surface area contributed by atoms with Gasteiger partial charge in [0, 0.05) is 0 Å². The molecule has 0 unspecified atom stereocenters. The summed E-state index contributed by atoms with van der Waals surface area (Å²) in [6, 6.07) is 0. The zero-order chi connectivity index (χ0) is 11.0. The van der Waals surface area contributed by atoms with Gasteiger partial charge in [-0.15, -0.1) is 0 Å². The number of amides is 1. The van der Waals surface area contributed by atoms with E-state index in [1.54, 1.807) is 0 Å². The molecule has 0 rings (SSSR count). The van der Waals surface area contributed by atoms with Crippen LogP contribution in [0.25, 0.3) is 0 Å². The molecule has 0 spiro atoms. The first kappa shape index (κ1) is 13.0. The van der Waals surface area contributed by atoms with E-state index in [-0.39, 0.29) is 0 Å². The molecule has 3 heteroatoms. The van der Waals surface area contributed by atoms with Gasteiger partial charge in [0.25, 0.3) is 0 Å². The smallest absolute Gasteiger partial charge is 0.404 e. The van der Waals surface area contributed by atoms with E-state index in [2.05, 4.69) is 31.6 Å². The summed E-state index contributed by atoms with van der Waals surface area (Å²) in [4.78, 5) is 10.2. The van der Waals surface area contributed by atoms with Crippen molar-refractivity contribution >= 4 is 6.09 Å². The molecule has 1 amide bonds. The maximum Gasteiger partial charge on any atom is 0.404 e. The molecule has 0 atom stereocenters. The molecule has 2 N–H and O–H groups in total. The molecule has 0 saturated carbocycles. The van der Waals surface area contributed by atoms with Gasteiger partial charge in [-0.1, -0.05) is 32.9 Å². The summed E-state index contributed by atoms with van der Waals surface area (Å²) < 4.78 is 4.58. The molecule has 0 fully saturated rings. The van der Waals surface area contributed by atoms with E-state index in [1.807, 2.05) is 6.08 Å². The van der Waals surface area contributed by atoms with Gasteiger partial charge in [0.2, 0.25) is 0 Å². The topological polar surface area (TPSA) is 52.3 Å². The Balaban J connectivity index is 3.33. The highest BCUT2D eigenvalue weighted by atomic mass is 16.5. The van der Waals surface area contributed by atoms with Gasteiger partial charge in [0.05, 0.1) is 6.61 Å². The zero-order valence-electron chi connectivity index (χ0n) is 9.38. The number of allylic oxidation sites excluding steroid dienone is 1. The molecule has 0 aliphatic carbocycles. The number of hydrogen-bond donors (Lipinski definition) is 1. The monoisotopic (exact) mass is 199 g/mol. The lowest BCUT2D eigenvalue weighted by atomic mass is 9.90. The Morgan fingerprint density at radius 2 is 1.86 bits per heavy atom. The number of primary amides is 1. The second kappa shape index (κ2) is 6.46. The molecule has 0 bridgehead atoms. The number of hydrogen-bond acceptors (Lipinski definition) is 2. The standard InChI is InChI=1S/C11H21NO2/c1-11(2,3)8-6-4-5-7-9-14-10(12)13/h4-5H,6-9H2,1-3H3,(H2,12,13). The van der Waals surface area contributed by atoms with Gasteiger partial charge in [0.1, 0.15) is 0 Å². The van der Waals surface area contributed by atoms with Crippen LogP contribution in [-0.2, 0) is 4.74 Å². The predicted octanol–water partition coefficient (Wildman–Crippen LogP) is 2.85. The van der Waals surface area contributed by atoms with Gasteiger partial charge in [-0.05, 0) is 24.7 Å². The lowest BCUT2D eigenvalue weighted by Gasteiger charge is -2.15. The van der Waals surface area contributed by atoms with E-state index in [4.69, 9.17) is 5.73 Å². The average Bonchev–Trinajstić information content (AvgIpc) is 2.00. The molecule has 0 saturated heterocycles. The van der Waals surface area contributed by atoms with Gasteiger partial charge in [-0.2, -0.15) is 0 Å². The maximum absolute atomic E-state index is 10.2. The van der Waals surface area contributed by atoms with Crippen LogP contribution in [0.5, 0.6) is 0 Å². The minimum Gasteiger partial charge on any atom is -0.449 e. The van der Waals surface area contributed by atoms with Crippen molar-refractivity contribution in [1.29, 1.82) is 0 Å². The van der Waals surface area contributed by atoms with Crippen LogP contribution < -0.4 is 5.73 Å². The fourth-order valence-electron chi connectivity index (χ4n) is 0.980. The second-order valence-electron chi connectivity index (χ2n) is 4.53. The van der Waals surface area contributed by atoms with Crippen LogP contribution in [0.4, 0.5) is 4.79 Å². The van der Waals surface area contributed by atoms with Gasteiger partial charge in [-0.3, -0.25) is 0 Å². The van der Waals surface area contributed by atoms with Gasteiger partial charge in [-0.25, -0.2) is 4.79 Å². The molecule has 82 valence electrons. The Bertz CT molecular complexity index is 192. The molecule has 0 aliphatic heterocycles. The third kappa shape index (κ3) is 11.0. The Morgan fingerprint density at radius 1 is 1.29 bits per heavy atom. The van der Waals surface area contributed by atoms with Gasteiger partial charge >= 0.3 is 6.09 Å². The van der Waals surface area contributed by atoms with Crippen LogP contribution in [0.1, 0.15) is 40.0 Å². The van der Waals surface area contributed by atoms with Crippen molar-refractivity contribution in [3.8, 4) is 0 Å². The molecular formula is C11H21NO2. The SMILES string of the molecule is CC(C)(C)CCC=CCCOC(N)=O. The van der Waals surface area contributed by atoms with E-state index in [0.717, 1.165) is 12.8 Å². The molecule has 3 nitrogen and oxygen atoms in total. The van der Waals surface area contributed by atoms with Gasteiger partial charge < -0.3 is 10.5 Å². The normalized spacial score (nSPS) is 11.9. The van der Waals surface area contributed by atoms with Gasteiger partial charge in [0.15, 0.2) is 0 Å². The third-order valence-electron chi connectivity index (χ3n) is 1.76. The summed E-state index contributed by atoms with van der Waals surface area (Å²) >= 11 is 0. The van der Waals surface area contributed by atoms with Crippen LogP contribution in [0.2, 0.25) is 0 Å². The molecule has 0 aromatic heterocycles. The summed E-state index contributed by atoms with van der Waals surface area (Å²) in [6.07, 6.45) is 6.42. The number of ether oxygens (including phenoxy) is 1. The molecule has 0 radical (unpaired) electrons. The van der Waals surface area contributed by atoms with Crippen LogP contribution in [-0.4, -0.2) is 12.7 Å². The number of rotatable bonds is 5. The fourth-order valence-corrected chi connectivity index (χ4v) is 0.980. The predicted molar refractivity (Wildman–Crippen MR) is 58.0 cm³/mol. The maximum atomic E-state index is 10.2. The lowest BCUT2D eigenvalue weighted by Crippen LogP contribution is -2.13. The molecule has 0 heterocycles. The number of nitrogens with two attached hydrogens (primary N) is 1. The average molecular weight is 199 g/mol. The largest absolute Gasteiger partial charge is 0.449 e. The van der Waals surface area contributed by atoms with Crippen molar-refractivity contribution < 1.29 is 9.53 Å². The molecule has 0 aromatic rings. The first-order valence-electron chi connectivity index (χ1n) is 4.99. The van der Waals surface area contributed by atoms with Crippen molar-refractivity contribution in [2.45, 2.75) is 40.0 Å². The summed E-state index contributed by atoms with van der Waals surface area (Å²) in [5, 5.41) is 0. The highest BCUT2D eigenvalue weighted by Crippen LogP contribution is 2.20. The first-order valence-corrected chi connectivity index (χ1v) is 4.99. The Hall–Kier alpha value is -0.990.